The molecule has 3 rings (SSSR count). The van der Waals surface area contributed by atoms with Crippen molar-refractivity contribution in [3.63, 3.8) is 0 Å². The molecule has 1 aromatic heterocycles. The van der Waals surface area contributed by atoms with Crippen molar-refractivity contribution in [3.8, 4) is 0 Å². The monoisotopic (exact) mass is 360 g/mol. The van der Waals surface area contributed by atoms with Crippen LogP contribution in [0.15, 0.2) is 12.1 Å². The van der Waals surface area contributed by atoms with Gasteiger partial charge in [-0.05, 0) is 37.2 Å². The minimum atomic E-state index is 0.341. The summed E-state index contributed by atoms with van der Waals surface area (Å²) >= 11 is 13.2. The van der Waals surface area contributed by atoms with Gasteiger partial charge in [-0.25, -0.2) is 0 Å². The van der Waals surface area contributed by atoms with Gasteiger partial charge >= 0.3 is 0 Å². The fourth-order valence-corrected chi connectivity index (χ4v) is 4.44. The van der Waals surface area contributed by atoms with Crippen LogP contribution in [0.3, 0.4) is 0 Å². The molecule has 0 aliphatic carbocycles. The lowest BCUT2D eigenvalue weighted by Gasteiger charge is -2.34. The quantitative estimate of drug-likeness (QED) is 0.788. The van der Waals surface area contributed by atoms with Crippen molar-refractivity contribution < 1.29 is 9.64 Å². The van der Waals surface area contributed by atoms with E-state index in [1.165, 1.54) is 11.3 Å². The number of ether oxygens (including phenoxy) is 1. The second-order valence-electron chi connectivity index (χ2n) is 5.94. The summed E-state index contributed by atoms with van der Waals surface area (Å²) in [6.07, 6.45) is 2.67. The van der Waals surface area contributed by atoms with Crippen molar-refractivity contribution in [2.75, 3.05) is 39.3 Å². The van der Waals surface area contributed by atoms with Crippen molar-refractivity contribution >= 4 is 40.3 Å². The number of nitrogens with zero attached hydrogens (tertiary/aromatic N) is 1. The molecule has 1 atom stereocenters. The van der Waals surface area contributed by atoms with E-state index < -0.39 is 0 Å². The molecule has 2 saturated heterocycles. The zero-order chi connectivity index (χ0) is 15.4. The van der Waals surface area contributed by atoms with Gasteiger partial charge in [-0.3, -0.25) is 0 Å². The van der Waals surface area contributed by atoms with E-state index in [0.29, 0.717) is 6.10 Å². The Hall–Kier alpha value is -0.400. The van der Waals surface area contributed by atoms with Crippen molar-refractivity contribution in [1.82, 2.24) is 10.2 Å². The number of quaternary nitrogens is 1. The molecule has 1 aromatic rings. The zero-order valence-electron chi connectivity index (χ0n) is 12.6. The Morgan fingerprint density at radius 3 is 2.91 bits per heavy atom. The molecule has 4 nitrogen and oxygen atoms in total. The molecule has 0 unspecified atom stereocenters. The third kappa shape index (κ3) is 4.55. The highest BCUT2D eigenvalue weighted by atomic mass is 35.5. The lowest BCUT2D eigenvalue weighted by atomic mass is 10.2. The summed E-state index contributed by atoms with van der Waals surface area (Å²) in [5.41, 5.74) is 0. The molecule has 3 heterocycles. The lowest BCUT2D eigenvalue weighted by Crippen LogP contribution is -3.13. The van der Waals surface area contributed by atoms with E-state index in [0.717, 1.165) is 61.7 Å². The molecule has 0 saturated carbocycles. The van der Waals surface area contributed by atoms with Gasteiger partial charge in [0.15, 0.2) is 5.11 Å². The molecule has 0 aromatic carbocycles. The second-order valence-corrected chi connectivity index (χ2v) is 8.13. The summed E-state index contributed by atoms with van der Waals surface area (Å²) < 4.78 is 6.50. The van der Waals surface area contributed by atoms with E-state index in [4.69, 9.17) is 28.6 Å². The van der Waals surface area contributed by atoms with Crippen LogP contribution in [0.4, 0.5) is 0 Å². The van der Waals surface area contributed by atoms with Crippen LogP contribution in [0.1, 0.15) is 17.7 Å². The van der Waals surface area contributed by atoms with Gasteiger partial charge in [-0.15, -0.1) is 11.3 Å². The predicted molar refractivity (Wildman–Crippen MR) is 94.9 cm³/mol. The van der Waals surface area contributed by atoms with Crippen LogP contribution < -0.4 is 10.2 Å². The van der Waals surface area contributed by atoms with Crippen LogP contribution in [0.2, 0.25) is 4.34 Å². The summed E-state index contributed by atoms with van der Waals surface area (Å²) in [6, 6.07) is 4.13. The van der Waals surface area contributed by atoms with Crippen LogP contribution in [-0.4, -0.2) is 55.4 Å². The van der Waals surface area contributed by atoms with Crippen molar-refractivity contribution in [1.29, 1.82) is 0 Å². The Morgan fingerprint density at radius 1 is 1.45 bits per heavy atom. The standard InChI is InChI=1S/C15H22ClN3OS2/c16-14-4-3-13(22-14)11-18-5-7-19(8-6-18)15(21)17-10-12-2-1-9-20-12/h3-4,12H,1-2,5-11H2,(H,17,21)/p+1/t12-/m1/s1. The largest absolute Gasteiger partial charge is 0.376 e. The van der Waals surface area contributed by atoms with E-state index in [1.54, 1.807) is 16.2 Å². The molecule has 2 N–H and O–H groups in total. The Morgan fingerprint density at radius 2 is 2.27 bits per heavy atom. The molecule has 0 radical (unpaired) electrons. The molecule has 122 valence electrons. The maximum atomic E-state index is 6.00. The average Bonchev–Trinajstić information content (AvgIpc) is 3.17. The van der Waals surface area contributed by atoms with Gasteiger partial charge in [0.05, 0.1) is 41.5 Å². The second kappa shape index (κ2) is 7.93. The fourth-order valence-electron chi connectivity index (χ4n) is 3.01. The summed E-state index contributed by atoms with van der Waals surface area (Å²) in [6.45, 7) is 7.10. The van der Waals surface area contributed by atoms with Crippen molar-refractivity contribution in [2.45, 2.75) is 25.5 Å². The molecule has 0 bridgehead atoms. The van der Waals surface area contributed by atoms with Gasteiger partial charge in [0.1, 0.15) is 6.54 Å². The van der Waals surface area contributed by atoms with E-state index in [-0.39, 0.29) is 0 Å². The highest BCUT2D eigenvalue weighted by molar-refractivity contribution is 7.80. The molecule has 7 heteroatoms. The van der Waals surface area contributed by atoms with Gasteiger partial charge in [-0.2, -0.15) is 0 Å². The molecule has 22 heavy (non-hydrogen) atoms. The number of thiophene rings is 1. The first-order valence-electron chi connectivity index (χ1n) is 7.93. The SMILES string of the molecule is S=C(NC[C@H]1CCCO1)N1CC[NH+](Cc2ccc(Cl)s2)CC1. The molecule has 2 fully saturated rings. The van der Waals surface area contributed by atoms with Crippen LogP contribution in [0, 0.1) is 0 Å². The average molecular weight is 361 g/mol. The van der Waals surface area contributed by atoms with Gasteiger partial charge in [-0.1, -0.05) is 11.6 Å². The first kappa shape index (κ1) is 16.5. The number of hydrogen-bond acceptors (Lipinski definition) is 3. The third-order valence-electron chi connectivity index (χ3n) is 4.32. The Labute approximate surface area is 146 Å². The van der Waals surface area contributed by atoms with E-state index in [1.807, 2.05) is 6.07 Å². The first-order chi connectivity index (χ1) is 10.7. The van der Waals surface area contributed by atoms with Crippen LogP contribution in [0.25, 0.3) is 0 Å². The molecular formula is C15H23ClN3OS2+. The third-order valence-corrected chi connectivity index (χ3v) is 5.95. The van der Waals surface area contributed by atoms with E-state index in [9.17, 15) is 0 Å². The minimum Gasteiger partial charge on any atom is -0.376 e. The Bertz CT molecular complexity index is 497. The lowest BCUT2D eigenvalue weighted by molar-refractivity contribution is -0.917. The first-order valence-corrected chi connectivity index (χ1v) is 9.53. The number of thiocarbonyl (C=S) groups is 1. The summed E-state index contributed by atoms with van der Waals surface area (Å²) in [7, 11) is 0. The summed E-state index contributed by atoms with van der Waals surface area (Å²) in [5.74, 6) is 0. The Balaban J connectivity index is 1.38. The fraction of sp³-hybridized carbons (Fsp3) is 0.667. The van der Waals surface area contributed by atoms with E-state index >= 15 is 0 Å². The van der Waals surface area contributed by atoms with Gasteiger partial charge in [0, 0.05) is 13.2 Å². The number of nitrogens with one attached hydrogen (secondary N) is 2. The van der Waals surface area contributed by atoms with Crippen molar-refractivity contribution in [2.24, 2.45) is 0 Å². The molecule has 2 aliphatic heterocycles. The predicted octanol–water partition coefficient (Wildman–Crippen LogP) is 1.16. The normalized spacial score (nSPS) is 23.0. The van der Waals surface area contributed by atoms with Crippen molar-refractivity contribution in [3.05, 3.63) is 21.3 Å². The van der Waals surface area contributed by atoms with Crippen LogP contribution >= 0.6 is 35.2 Å². The zero-order valence-corrected chi connectivity index (χ0v) is 15.0. The number of halogens is 1. The minimum absolute atomic E-state index is 0.341. The number of piperazine rings is 1. The van der Waals surface area contributed by atoms with Gasteiger partial charge < -0.3 is 19.9 Å². The molecule has 0 amide bonds. The highest BCUT2D eigenvalue weighted by Gasteiger charge is 2.23. The summed E-state index contributed by atoms with van der Waals surface area (Å²) in [4.78, 5) is 5.26. The molecular weight excluding hydrogens is 338 g/mol. The Kier molecular flexibility index (Phi) is 5.93. The smallest absolute Gasteiger partial charge is 0.169 e. The number of hydrogen-bond donors (Lipinski definition) is 2. The molecule has 2 aliphatic rings. The maximum Gasteiger partial charge on any atom is 0.169 e. The van der Waals surface area contributed by atoms with Gasteiger partial charge in [0.25, 0.3) is 0 Å². The highest BCUT2D eigenvalue weighted by Crippen LogP contribution is 2.20. The maximum absolute atomic E-state index is 6.00. The topological polar surface area (TPSA) is 28.9 Å². The summed E-state index contributed by atoms with van der Waals surface area (Å²) in [5, 5.41) is 4.25. The molecule has 0 spiro atoms. The van der Waals surface area contributed by atoms with E-state index in [2.05, 4.69) is 16.3 Å². The van der Waals surface area contributed by atoms with Crippen LogP contribution in [0.5, 0.6) is 0 Å². The van der Waals surface area contributed by atoms with Crippen LogP contribution in [-0.2, 0) is 11.3 Å². The van der Waals surface area contributed by atoms with Gasteiger partial charge in [0.2, 0.25) is 0 Å². The number of rotatable bonds is 4.